The Hall–Kier alpha value is -1.84. The lowest BCUT2D eigenvalue weighted by atomic mass is 9.64. The van der Waals surface area contributed by atoms with Crippen LogP contribution in [-0.2, 0) is 11.2 Å². The van der Waals surface area contributed by atoms with Gasteiger partial charge in [0, 0.05) is 23.4 Å². The normalized spacial score (nSPS) is 23.5. The van der Waals surface area contributed by atoms with Crippen LogP contribution in [0.3, 0.4) is 0 Å². The number of thiazole rings is 1. The van der Waals surface area contributed by atoms with E-state index in [1.165, 1.54) is 37.0 Å². The van der Waals surface area contributed by atoms with Gasteiger partial charge in [0.05, 0.1) is 0 Å². The third kappa shape index (κ3) is 5.38. The maximum atomic E-state index is 12.9. The topological polar surface area (TPSA) is 92.0 Å². The summed E-state index contributed by atoms with van der Waals surface area (Å²) in [7, 11) is -1.08. The van der Waals surface area contributed by atoms with Gasteiger partial charge in [-0.05, 0) is 49.1 Å². The molecular formula is C23H29BN2O4S2. The third-order valence-corrected chi connectivity index (χ3v) is 8.79. The maximum Gasteiger partial charge on any atom is 0.526 e. The zero-order valence-corrected chi connectivity index (χ0v) is 20.1. The molecule has 2 aliphatic rings. The highest BCUT2D eigenvalue weighted by molar-refractivity contribution is 8.01. The van der Waals surface area contributed by atoms with Crippen molar-refractivity contribution in [3.05, 3.63) is 40.4 Å². The van der Waals surface area contributed by atoms with Crippen LogP contribution < -0.4 is 4.65 Å². The molecule has 1 aromatic heterocycles. The van der Waals surface area contributed by atoms with E-state index in [0.29, 0.717) is 17.9 Å². The summed E-state index contributed by atoms with van der Waals surface area (Å²) in [5, 5.41) is 25.0. The number of benzene rings is 1. The van der Waals surface area contributed by atoms with E-state index in [1.807, 2.05) is 25.1 Å². The summed E-state index contributed by atoms with van der Waals surface area (Å²) >= 11 is 3.19. The summed E-state index contributed by atoms with van der Waals surface area (Å²) in [6.07, 6.45) is 5.68. The van der Waals surface area contributed by atoms with Gasteiger partial charge in [-0.15, -0.1) is 11.3 Å². The van der Waals surface area contributed by atoms with Crippen molar-refractivity contribution in [2.24, 2.45) is 17.0 Å². The number of aryl methyl sites for hydroxylation is 1. The molecule has 1 aliphatic heterocycles. The molecule has 0 saturated heterocycles. The van der Waals surface area contributed by atoms with Crippen LogP contribution in [0.15, 0.2) is 33.1 Å². The fourth-order valence-electron chi connectivity index (χ4n) is 4.52. The monoisotopic (exact) mass is 472 g/mol. The second-order valence-electron chi connectivity index (χ2n) is 9.05. The van der Waals surface area contributed by atoms with Crippen LogP contribution >= 0.6 is 23.1 Å². The van der Waals surface area contributed by atoms with Gasteiger partial charge in [0.15, 0.2) is 15.8 Å². The minimum Gasteiger partial charge on any atom is -0.536 e. The van der Waals surface area contributed by atoms with Crippen molar-refractivity contribution >= 4 is 41.7 Å². The van der Waals surface area contributed by atoms with E-state index < -0.39 is 12.9 Å². The molecule has 2 aromatic rings. The second kappa shape index (κ2) is 10.4. The average Bonchev–Trinajstić information content (AvgIpc) is 3.24. The summed E-state index contributed by atoms with van der Waals surface area (Å²) in [6, 6.07) is 5.82. The fourth-order valence-corrected chi connectivity index (χ4v) is 6.54. The number of carbonyl (C=O) groups excluding carboxylic acids is 1. The number of thioether (sulfide) groups is 1. The largest absolute Gasteiger partial charge is 0.536 e. The van der Waals surface area contributed by atoms with Crippen LogP contribution in [0.2, 0.25) is 5.82 Å². The van der Waals surface area contributed by atoms with Gasteiger partial charge in [-0.2, -0.15) is 0 Å². The number of hydrogen-bond acceptors (Lipinski definition) is 8. The van der Waals surface area contributed by atoms with Crippen LogP contribution in [0.25, 0.3) is 0 Å². The Bertz CT molecular complexity index is 988. The number of carbonyl (C=O) groups is 1. The number of nitrogens with zero attached hydrogens (tertiary/aromatic N) is 2. The van der Waals surface area contributed by atoms with Crippen LogP contribution in [0, 0.1) is 18.8 Å². The first-order chi connectivity index (χ1) is 15.4. The summed E-state index contributed by atoms with van der Waals surface area (Å²) in [5.41, 5.74) is 2.27. The molecule has 9 heteroatoms. The minimum atomic E-state index is -1.08. The molecule has 1 atom stereocenters. The molecule has 0 amide bonds. The van der Waals surface area contributed by atoms with Gasteiger partial charge in [0.2, 0.25) is 0 Å². The number of rotatable bonds is 7. The first-order valence-electron chi connectivity index (χ1n) is 11.2. The summed E-state index contributed by atoms with van der Waals surface area (Å²) in [6.45, 7) is 4.25. The van der Waals surface area contributed by atoms with Crippen molar-refractivity contribution in [2.45, 2.75) is 62.5 Å². The standard InChI is InChI=1S/C23H29BN2O4S2/c1-14-6-8-16(9-7-14)12-31-23-25-19(13-32-23)21(26-29)20(27)11-18-10-17-5-3-4-15(2)22(17)30-24(18)28/h3-5,13-14,16,18,28-29H,6-12H2,1-2H3/b26-21-/t14?,16?,18-/m1/s1. The lowest BCUT2D eigenvalue weighted by Gasteiger charge is -2.28. The highest BCUT2D eigenvalue weighted by atomic mass is 32.2. The van der Waals surface area contributed by atoms with E-state index in [2.05, 4.69) is 17.1 Å². The molecule has 6 nitrogen and oxygen atoms in total. The Morgan fingerprint density at radius 3 is 2.88 bits per heavy atom. The van der Waals surface area contributed by atoms with Crippen LogP contribution in [0.1, 0.15) is 55.8 Å². The Morgan fingerprint density at radius 1 is 1.34 bits per heavy atom. The number of oxime groups is 1. The Kier molecular flexibility index (Phi) is 7.58. The highest BCUT2D eigenvalue weighted by Crippen LogP contribution is 2.36. The van der Waals surface area contributed by atoms with Crippen molar-refractivity contribution in [3.8, 4) is 5.75 Å². The zero-order valence-electron chi connectivity index (χ0n) is 18.5. The van der Waals surface area contributed by atoms with Crippen LogP contribution in [-0.4, -0.2) is 39.6 Å². The Labute approximate surface area is 197 Å². The number of para-hydroxylation sites is 1. The first kappa shape index (κ1) is 23.3. The molecule has 0 radical (unpaired) electrons. The van der Waals surface area contributed by atoms with Crippen molar-refractivity contribution in [1.82, 2.24) is 4.98 Å². The molecule has 4 rings (SSSR count). The van der Waals surface area contributed by atoms with E-state index in [-0.39, 0.29) is 17.9 Å². The molecule has 170 valence electrons. The van der Waals surface area contributed by atoms with Gasteiger partial charge >= 0.3 is 7.12 Å². The molecule has 1 fully saturated rings. The minimum absolute atomic E-state index is 0.0220. The highest BCUT2D eigenvalue weighted by Gasteiger charge is 2.37. The van der Waals surface area contributed by atoms with E-state index >= 15 is 0 Å². The van der Waals surface area contributed by atoms with Crippen LogP contribution in [0.4, 0.5) is 0 Å². The number of Topliss-reactive ketones (excluding diaryl/α,β-unsaturated/α-hetero) is 1. The third-order valence-electron chi connectivity index (χ3n) is 6.53. The molecule has 0 spiro atoms. The molecule has 0 bridgehead atoms. The molecule has 1 aliphatic carbocycles. The van der Waals surface area contributed by atoms with Crippen molar-refractivity contribution in [3.63, 3.8) is 0 Å². The number of fused-ring (bicyclic) bond motifs is 1. The van der Waals surface area contributed by atoms with E-state index in [1.54, 1.807) is 17.1 Å². The lowest BCUT2D eigenvalue weighted by Crippen LogP contribution is -2.36. The van der Waals surface area contributed by atoms with Crippen molar-refractivity contribution < 1.29 is 19.7 Å². The summed E-state index contributed by atoms with van der Waals surface area (Å²) < 4.78 is 6.57. The molecule has 2 N–H and O–H groups in total. The van der Waals surface area contributed by atoms with Crippen LogP contribution in [0.5, 0.6) is 5.75 Å². The molecule has 1 aromatic carbocycles. The lowest BCUT2D eigenvalue weighted by molar-refractivity contribution is -0.113. The molecule has 0 unspecified atom stereocenters. The predicted octanol–water partition coefficient (Wildman–Crippen LogP) is 4.99. The maximum absolute atomic E-state index is 12.9. The van der Waals surface area contributed by atoms with Gasteiger partial charge in [0.25, 0.3) is 0 Å². The summed E-state index contributed by atoms with van der Waals surface area (Å²) in [4.78, 5) is 17.5. The fraction of sp³-hybridized carbons (Fsp3) is 0.522. The van der Waals surface area contributed by atoms with Gasteiger partial charge in [0.1, 0.15) is 11.4 Å². The smallest absolute Gasteiger partial charge is 0.526 e. The average molecular weight is 472 g/mol. The number of aromatic nitrogens is 1. The van der Waals surface area contributed by atoms with Gasteiger partial charge in [-0.25, -0.2) is 4.98 Å². The van der Waals surface area contributed by atoms with Gasteiger partial charge in [-0.1, -0.05) is 54.9 Å². The van der Waals surface area contributed by atoms with Crippen molar-refractivity contribution in [1.29, 1.82) is 0 Å². The second-order valence-corrected chi connectivity index (χ2v) is 11.2. The van der Waals surface area contributed by atoms with Gasteiger partial charge < -0.3 is 14.9 Å². The SMILES string of the molecule is Cc1cccc2c1OB(O)[C@@H](CC(=O)/C(=N\O)c1csc(SCC3CCC(C)CC3)n1)C2. The molecule has 2 heterocycles. The first-order valence-corrected chi connectivity index (χ1v) is 13.1. The van der Waals surface area contributed by atoms with E-state index in [0.717, 1.165) is 33.1 Å². The zero-order chi connectivity index (χ0) is 22.7. The summed E-state index contributed by atoms with van der Waals surface area (Å²) in [5.74, 6) is 2.52. The molecular weight excluding hydrogens is 443 g/mol. The predicted molar refractivity (Wildman–Crippen MR) is 129 cm³/mol. The van der Waals surface area contributed by atoms with Gasteiger partial charge in [-0.3, -0.25) is 4.79 Å². The Morgan fingerprint density at radius 2 is 2.12 bits per heavy atom. The van der Waals surface area contributed by atoms with E-state index in [9.17, 15) is 15.0 Å². The Balaban J connectivity index is 1.36. The molecule has 1 saturated carbocycles. The quantitative estimate of drug-likeness (QED) is 0.194. The number of ketones is 1. The van der Waals surface area contributed by atoms with E-state index in [4.69, 9.17) is 4.65 Å². The molecule has 32 heavy (non-hydrogen) atoms. The number of hydrogen-bond donors (Lipinski definition) is 2. The van der Waals surface area contributed by atoms with Crippen molar-refractivity contribution in [2.75, 3.05) is 5.75 Å².